The molecule has 10 nitrogen and oxygen atoms in total. The summed E-state index contributed by atoms with van der Waals surface area (Å²) in [6.07, 6.45) is -4.78. The van der Waals surface area contributed by atoms with E-state index in [4.69, 9.17) is 9.47 Å². The van der Waals surface area contributed by atoms with Crippen molar-refractivity contribution in [2.24, 2.45) is 0 Å². The van der Waals surface area contributed by atoms with Crippen LogP contribution in [0.2, 0.25) is 0 Å². The topological polar surface area (TPSA) is 121 Å². The maximum Gasteiger partial charge on any atom is 0.433 e. The molecule has 5 rings (SSSR count). The Morgan fingerprint density at radius 1 is 1.18 bits per heavy atom. The van der Waals surface area contributed by atoms with Gasteiger partial charge < -0.3 is 14.8 Å². The number of alkyl halides is 3. The second kappa shape index (κ2) is 7.98. The van der Waals surface area contributed by atoms with Gasteiger partial charge in [0, 0.05) is 12.1 Å². The highest BCUT2D eigenvalue weighted by Gasteiger charge is 2.36. The molecule has 0 radical (unpaired) electrons. The average Bonchev–Trinajstić information content (AvgIpc) is 3.47. The number of fused-ring (bicyclic) bond motifs is 2. The maximum absolute atomic E-state index is 13.7. The summed E-state index contributed by atoms with van der Waals surface area (Å²) in [5, 5.41) is 19.3. The van der Waals surface area contributed by atoms with Crippen LogP contribution in [0.15, 0.2) is 41.8 Å². The fraction of sp³-hybridized carbons (Fsp3) is 0.150. The number of anilines is 1. The Balaban J connectivity index is 1.55. The van der Waals surface area contributed by atoms with Crippen LogP contribution in [0, 0.1) is 10.1 Å². The number of nitrogens with one attached hydrogen (secondary N) is 1. The van der Waals surface area contributed by atoms with Crippen LogP contribution in [0.4, 0.5) is 24.5 Å². The Bertz CT molecular complexity index is 1430. The minimum absolute atomic E-state index is 0.0733. The SMILES string of the molecule is O=C(Nc1cc2c(cc1[N+](=O)[O-])OCCO2)c1cc2nc(-c3cccs3)cc(C(F)(F)F)n2n1. The van der Waals surface area contributed by atoms with Crippen LogP contribution in [-0.2, 0) is 6.18 Å². The maximum atomic E-state index is 13.7. The predicted molar refractivity (Wildman–Crippen MR) is 113 cm³/mol. The number of amides is 1. The highest BCUT2D eigenvalue weighted by molar-refractivity contribution is 7.13. The third-order valence-corrected chi connectivity index (χ3v) is 5.72. The number of ether oxygens (including phenoxy) is 2. The molecular weight excluding hydrogens is 479 g/mol. The molecule has 0 atom stereocenters. The lowest BCUT2D eigenvalue weighted by molar-refractivity contribution is -0.384. The Labute approximate surface area is 191 Å². The zero-order valence-electron chi connectivity index (χ0n) is 16.8. The summed E-state index contributed by atoms with van der Waals surface area (Å²) >= 11 is 1.21. The van der Waals surface area contributed by atoms with E-state index in [1.807, 2.05) is 0 Å². The summed E-state index contributed by atoms with van der Waals surface area (Å²) in [6.45, 7) is 0.419. The van der Waals surface area contributed by atoms with E-state index in [2.05, 4.69) is 15.4 Å². The van der Waals surface area contributed by atoms with Crippen molar-refractivity contribution in [2.75, 3.05) is 18.5 Å². The molecular formula is C20H12F3N5O5S. The van der Waals surface area contributed by atoms with Crippen LogP contribution >= 0.6 is 11.3 Å². The molecule has 1 aliphatic rings. The molecule has 0 spiro atoms. The van der Waals surface area contributed by atoms with Crippen LogP contribution in [-0.4, -0.2) is 38.6 Å². The third-order valence-electron chi connectivity index (χ3n) is 4.83. The molecule has 14 heteroatoms. The normalized spacial score (nSPS) is 13.1. The van der Waals surface area contributed by atoms with Crippen molar-refractivity contribution >= 4 is 34.3 Å². The van der Waals surface area contributed by atoms with Crippen molar-refractivity contribution in [1.29, 1.82) is 0 Å². The van der Waals surface area contributed by atoms with Gasteiger partial charge in [-0.25, -0.2) is 9.50 Å². The van der Waals surface area contributed by atoms with Crippen molar-refractivity contribution in [2.45, 2.75) is 6.18 Å². The van der Waals surface area contributed by atoms with Crippen LogP contribution in [0.25, 0.3) is 16.2 Å². The van der Waals surface area contributed by atoms with Gasteiger partial charge in [0.15, 0.2) is 28.5 Å². The minimum atomic E-state index is -4.78. The second-order valence-electron chi connectivity index (χ2n) is 7.03. The van der Waals surface area contributed by atoms with E-state index >= 15 is 0 Å². The zero-order chi connectivity index (χ0) is 24.0. The molecule has 0 fully saturated rings. The van der Waals surface area contributed by atoms with Crippen molar-refractivity contribution in [3.05, 3.63) is 63.3 Å². The van der Waals surface area contributed by atoms with E-state index in [1.165, 1.54) is 17.4 Å². The number of rotatable bonds is 4. The number of carbonyl (C=O) groups is 1. The number of nitro benzene ring substituents is 1. The monoisotopic (exact) mass is 491 g/mol. The largest absolute Gasteiger partial charge is 0.486 e. The average molecular weight is 491 g/mol. The minimum Gasteiger partial charge on any atom is -0.486 e. The Hall–Kier alpha value is -4.20. The summed E-state index contributed by atoms with van der Waals surface area (Å²) in [5.41, 5.74) is -2.37. The van der Waals surface area contributed by atoms with Crippen molar-refractivity contribution in [3.8, 4) is 22.1 Å². The summed E-state index contributed by atoms with van der Waals surface area (Å²) in [4.78, 5) is 28.3. The first kappa shape index (κ1) is 21.6. The van der Waals surface area contributed by atoms with Gasteiger partial charge >= 0.3 is 6.18 Å². The van der Waals surface area contributed by atoms with Gasteiger partial charge in [-0.1, -0.05) is 6.07 Å². The van der Waals surface area contributed by atoms with Crippen LogP contribution in [0.3, 0.4) is 0 Å². The van der Waals surface area contributed by atoms with E-state index in [-0.39, 0.29) is 41.7 Å². The molecule has 1 aromatic carbocycles. The molecule has 0 aliphatic carbocycles. The van der Waals surface area contributed by atoms with Gasteiger partial charge in [-0.05, 0) is 17.5 Å². The first-order valence-electron chi connectivity index (χ1n) is 9.62. The lowest BCUT2D eigenvalue weighted by Crippen LogP contribution is -2.18. The molecule has 0 unspecified atom stereocenters. The number of carbonyl (C=O) groups excluding carboxylic acids is 1. The van der Waals surface area contributed by atoms with E-state index in [9.17, 15) is 28.1 Å². The number of hydrogen-bond acceptors (Lipinski definition) is 8. The number of nitro groups is 1. The van der Waals surface area contributed by atoms with E-state index in [1.54, 1.807) is 17.5 Å². The highest BCUT2D eigenvalue weighted by atomic mass is 32.1. The predicted octanol–water partition coefficient (Wildman–Crippen LogP) is 4.41. The van der Waals surface area contributed by atoms with Gasteiger partial charge in [-0.15, -0.1) is 11.3 Å². The van der Waals surface area contributed by atoms with Crippen molar-refractivity contribution < 1.29 is 32.4 Å². The Morgan fingerprint density at radius 3 is 2.56 bits per heavy atom. The zero-order valence-corrected chi connectivity index (χ0v) is 17.6. The van der Waals surface area contributed by atoms with E-state index < -0.39 is 34.1 Å². The summed E-state index contributed by atoms with van der Waals surface area (Å²) in [5.74, 6) is -0.636. The standard InChI is InChI=1S/C20H12F3N5O5S/c21-20(22,23)17-7-11(16-2-1-5-34-16)24-18-8-12(26-27(17)18)19(29)25-10-6-14-15(33-4-3-32-14)9-13(10)28(30)31/h1-2,5-9H,3-4H2,(H,25,29). The molecule has 3 aromatic heterocycles. The lowest BCUT2D eigenvalue weighted by atomic mass is 10.2. The smallest absolute Gasteiger partial charge is 0.433 e. The molecule has 4 heterocycles. The first-order valence-corrected chi connectivity index (χ1v) is 10.5. The van der Waals surface area contributed by atoms with Gasteiger partial charge in [0.1, 0.15) is 18.9 Å². The number of benzene rings is 1. The highest BCUT2D eigenvalue weighted by Crippen LogP contribution is 2.39. The van der Waals surface area contributed by atoms with Crippen LogP contribution in [0.5, 0.6) is 11.5 Å². The van der Waals surface area contributed by atoms with E-state index in [0.29, 0.717) is 9.39 Å². The number of nitrogens with zero attached hydrogens (tertiary/aromatic N) is 4. The number of halogens is 3. The quantitative estimate of drug-likeness (QED) is 0.332. The fourth-order valence-electron chi connectivity index (χ4n) is 3.35. The van der Waals surface area contributed by atoms with Crippen LogP contribution in [0.1, 0.15) is 16.2 Å². The molecule has 4 aromatic rings. The van der Waals surface area contributed by atoms with Gasteiger partial charge in [0.25, 0.3) is 11.6 Å². The summed E-state index contributed by atoms with van der Waals surface area (Å²) < 4.78 is 52.4. The number of hydrogen-bond donors (Lipinski definition) is 1. The Kier molecular flexibility index (Phi) is 5.08. The molecule has 34 heavy (non-hydrogen) atoms. The molecule has 1 N–H and O–H groups in total. The van der Waals surface area contributed by atoms with Gasteiger partial charge in [-0.2, -0.15) is 18.3 Å². The van der Waals surface area contributed by atoms with Crippen LogP contribution < -0.4 is 14.8 Å². The molecule has 1 aliphatic heterocycles. The fourth-order valence-corrected chi connectivity index (χ4v) is 4.04. The van der Waals surface area contributed by atoms with E-state index in [0.717, 1.165) is 18.2 Å². The molecule has 0 saturated carbocycles. The van der Waals surface area contributed by atoms with Crippen molar-refractivity contribution in [1.82, 2.24) is 14.6 Å². The Morgan fingerprint density at radius 2 is 1.91 bits per heavy atom. The number of thiophene rings is 1. The third kappa shape index (κ3) is 3.87. The van der Waals surface area contributed by atoms with Gasteiger partial charge in [0.05, 0.1) is 21.6 Å². The summed E-state index contributed by atoms with van der Waals surface area (Å²) in [6, 6.07) is 7.53. The van der Waals surface area contributed by atoms with Gasteiger partial charge in [-0.3, -0.25) is 14.9 Å². The lowest BCUT2D eigenvalue weighted by Gasteiger charge is -2.19. The number of aromatic nitrogens is 3. The summed E-state index contributed by atoms with van der Waals surface area (Å²) in [7, 11) is 0. The second-order valence-corrected chi connectivity index (χ2v) is 7.97. The molecule has 174 valence electrons. The molecule has 1 amide bonds. The first-order chi connectivity index (χ1) is 16.2. The van der Waals surface area contributed by atoms with Gasteiger partial charge in [0.2, 0.25) is 0 Å². The molecule has 0 saturated heterocycles. The van der Waals surface area contributed by atoms with Crippen molar-refractivity contribution in [3.63, 3.8) is 0 Å². The molecule has 0 bridgehead atoms.